The number of para-hydroxylation sites is 2. The highest BCUT2D eigenvalue weighted by Crippen LogP contribution is 2.31. The zero-order valence-corrected chi connectivity index (χ0v) is 23.9. The first-order valence-corrected chi connectivity index (χ1v) is 16.3. The summed E-state index contributed by atoms with van der Waals surface area (Å²) in [6, 6.07) is 8.85. The number of fused-ring (bicyclic) bond motifs is 1. The summed E-state index contributed by atoms with van der Waals surface area (Å²) in [7, 11) is -2.86. The van der Waals surface area contributed by atoms with Gasteiger partial charge in [-0.3, -0.25) is 4.57 Å². The van der Waals surface area contributed by atoms with Crippen molar-refractivity contribution in [2.24, 2.45) is 11.8 Å². The zero-order valence-electron chi connectivity index (χ0n) is 23.1. The monoisotopic (exact) mass is 589 g/mol. The fourth-order valence-electron chi connectivity index (χ4n) is 6.15. The Morgan fingerprint density at radius 1 is 0.927 bits per heavy atom. The van der Waals surface area contributed by atoms with E-state index in [1.54, 1.807) is 24.3 Å². The van der Waals surface area contributed by atoms with Gasteiger partial charge < -0.3 is 19.9 Å². The number of anilines is 2. The Morgan fingerprint density at radius 3 is 2.34 bits per heavy atom. The van der Waals surface area contributed by atoms with Crippen LogP contribution in [0.2, 0.25) is 0 Å². The highest BCUT2D eigenvalue weighted by Gasteiger charge is 2.27. The lowest BCUT2D eigenvalue weighted by molar-refractivity contribution is 0.122. The van der Waals surface area contributed by atoms with E-state index in [1.807, 2.05) is 6.07 Å². The molecule has 0 unspecified atom stereocenters. The minimum absolute atomic E-state index is 0.269. The number of benzene rings is 1. The Morgan fingerprint density at radius 2 is 1.61 bits per heavy atom. The van der Waals surface area contributed by atoms with Crippen molar-refractivity contribution in [1.29, 1.82) is 0 Å². The number of rotatable bonds is 8. The molecule has 1 aromatic carbocycles. The number of ether oxygens (including phenoxy) is 1. The molecule has 41 heavy (non-hydrogen) atoms. The van der Waals surface area contributed by atoms with Crippen molar-refractivity contribution in [3.8, 4) is 5.82 Å². The summed E-state index contributed by atoms with van der Waals surface area (Å²) >= 11 is 0. The lowest BCUT2D eigenvalue weighted by Gasteiger charge is -2.34. The molecule has 2 aliphatic heterocycles. The summed E-state index contributed by atoms with van der Waals surface area (Å²) in [6.07, 6.45) is 1.59. The van der Waals surface area contributed by atoms with E-state index in [4.69, 9.17) is 14.7 Å². The highest BCUT2D eigenvalue weighted by atomic mass is 32.2. The van der Waals surface area contributed by atoms with Crippen molar-refractivity contribution < 1.29 is 21.9 Å². The Balaban J connectivity index is 1.16. The van der Waals surface area contributed by atoms with E-state index < -0.39 is 16.3 Å². The second-order valence-electron chi connectivity index (χ2n) is 11.3. The normalized spacial score (nSPS) is 23.7. The number of sulfone groups is 1. The molecule has 10 nitrogen and oxygen atoms in total. The second kappa shape index (κ2) is 12.1. The first-order chi connectivity index (χ1) is 19.8. The van der Waals surface area contributed by atoms with E-state index in [9.17, 15) is 17.2 Å². The molecular formula is C28H37F2N7O3S. The predicted octanol–water partition coefficient (Wildman–Crippen LogP) is 3.54. The molecular weight excluding hydrogens is 552 g/mol. The third-order valence-electron chi connectivity index (χ3n) is 8.51. The van der Waals surface area contributed by atoms with Crippen molar-refractivity contribution in [3.63, 3.8) is 0 Å². The molecule has 0 bridgehead atoms. The topological polar surface area (TPSA) is 105 Å². The molecule has 0 amide bonds. The van der Waals surface area contributed by atoms with Crippen LogP contribution < -0.4 is 10.2 Å². The highest BCUT2D eigenvalue weighted by molar-refractivity contribution is 7.91. The molecule has 13 heteroatoms. The fraction of sp³-hybridized carbons (Fsp3) is 0.607. The second-order valence-corrected chi connectivity index (χ2v) is 13.6. The average molecular weight is 590 g/mol. The summed E-state index contributed by atoms with van der Waals surface area (Å²) < 4.78 is 58.6. The average Bonchev–Trinajstić information content (AvgIpc) is 3.38. The maximum absolute atomic E-state index is 14.1. The minimum atomic E-state index is -2.86. The van der Waals surface area contributed by atoms with Gasteiger partial charge in [-0.05, 0) is 49.7 Å². The molecule has 0 atom stereocenters. The van der Waals surface area contributed by atoms with E-state index >= 15 is 0 Å². The number of nitrogens with one attached hydrogen (secondary N) is 1. The number of imidazole rings is 1. The standard InChI is InChI=1S/C28H37F2N7O3S/c29-26(30)27-32-22-3-1-2-4-23(22)37(27)25-17-24(36-9-13-40-14-10-36)33-28(34-25)31-18-20-5-7-21(8-6-20)19-35-11-15-41(38,39)16-12-35/h1-4,17,20-21,26H,5-16,18-19H2,(H,31,33,34)/t20-,21-. The fourth-order valence-corrected chi connectivity index (χ4v) is 7.43. The Hall–Kier alpha value is -2.90. The smallest absolute Gasteiger partial charge is 0.296 e. The Labute approximate surface area is 239 Å². The van der Waals surface area contributed by atoms with Crippen molar-refractivity contribution in [2.45, 2.75) is 32.1 Å². The predicted molar refractivity (Wildman–Crippen MR) is 154 cm³/mol. The van der Waals surface area contributed by atoms with E-state index in [0.717, 1.165) is 32.2 Å². The van der Waals surface area contributed by atoms with Gasteiger partial charge in [0.2, 0.25) is 5.95 Å². The van der Waals surface area contributed by atoms with Crippen LogP contribution in [0.4, 0.5) is 20.5 Å². The quantitative estimate of drug-likeness (QED) is 0.422. The van der Waals surface area contributed by atoms with Gasteiger partial charge in [0, 0.05) is 45.3 Å². The molecule has 222 valence electrons. The van der Waals surface area contributed by atoms with E-state index in [2.05, 4.69) is 20.1 Å². The van der Waals surface area contributed by atoms with Crippen molar-refractivity contribution in [3.05, 3.63) is 36.2 Å². The van der Waals surface area contributed by atoms with Gasteiger partial charge in [-0.15, -0.1) is 0 Å². The van der Waals surface area contributed by atoms with E-state index in [-0.39, 0.29) is 17.3 Å². The maximum Gasteiger partial charge on any atom is 0.296 e. The molecule has 1 saturated carbocycles. The molecule has 1 aliphatic carbocycles. The van der Waals surface area contributed by atoms with E-state index in [0.29, 0.717) is 86.4 Å². The lowest BCUT2D eigenvalue weighted by Crippen LogP contribution is -2.43. The summed E-state index contributed by atoms with van der Waals surface area (Å²) in [5.41, 5.74) is 1.07. The first-order valence-electron chi connectivity index (χ1n) is 14.5. The van der Waals surface area contributed by atoms with Gasteiger partial charge in [0.25, 0.3) is 6.43 Å². The van der Waals surface area contributed by atoms with Crippen LogP contribution in [0.1, 0.15) is 37.9 Å². The van der Waals surface area contributed by atoms with Gasteiger partial charge in [-0.25, -0.2) is 22.2 Å². The van der Waals surface area contributed by atoms with Crippen LogP contribution in [0.3, 0.4) is 0 Å². The molecule has 0 spiro atoms. The summed E-state index contributed by atoms with van der Waals surface area (Å²) in [6.45, 7) is 5.43. The first kappa shape index (κ1) is 28.2. The van der Waals surface area contributed by atoms with Gasteiger partial charge in [0.1, 0.15) is 11.6 Å². The van der Waals surface area contributed by atoms with Crippen LogP contribution in [-0.4, -0.2) is 96.8 Å². The van der Waals surface area contributed by atoms with Crippen LogP contribution >= 0.6 is 0 Å². The number of alkyl halides is 2. The molecule has 3 aromatic rings. The van der Waals surface area contributed by atoms with Gasteiger partial charge in [0.15, 0.2) is 15.7 Å². The molecule has 3 aliphatic rings. The SMILES string of the molecule is O=S1(=O)CCN(C[C@H]2CC[C@H](CNc3nc(N4CCOCC4)cc(-n4c(C(F)F)nc5ccccc54)n3)CC2)CC1. The number of halogens is 2. The summed E-state index contributed by atoms with van der Waals surface area (Å²) in [4.78, 5) is 18.1. The largest absolute Gasteiger partial charge is 0.378 e. The molecule has 2 aromatic heterocycles. The van der Waals surface area contributed by atoms with E-state index in [1.165, 1.54) is 4.57 Å². The molecule has 1 N–H and O–H groups in total. The minimum Gasteiger partial charge on any atom is -0.378 e. The van der Waals surface area contributed by atoms with Crippen LogP contribution in [0.5, 0.6) is 0 Å². The van der Waals surface area contributed by atoms with Gasteiger partial charge in [-0.1, -0.05) is 12.1 Å². The molecule has 3 fully saturated rings. The number of nitrogens with zero attached hydrogens (tertiary/aromatic N) is 6. The Kier molecular flexibility index (Phi) is 8.36. The number of hydrogen-bond acceptors (Lipinski definition) is 9. The van der Waals surface area contributed by atoms with Crippen molar-refractivity contribution in [2.75, 3.05) is 74.2 Å². The summed E-state index contributed by atoms with van der Waals surface area (Å²) in [5, 5.41) is 3.42. The van der Waals surface area contributed by atoms with Crippen molar-refractivity contribution in [1.82, 2.24) is 24.4 Å². The van der Waals surface area contributed by atoms with Crippen LogP contribution in [0.15, 0.2) is 30.3 Å². The molecule has 6 rings (SSSR count). The van der Waals surface area contributed by atoms with Crippen molar-refractivity contribution >= 4 is 32.6 Å². The third-order valence-corrected chi connectivity index (χ3v) is 10.1. The number of morpholine rings is 1. The molecule has 2 saturated heterocycles. The van der Waals surface area contributed by atoms with Crippen LogP contribution in [0, 0.1) is 11.8 Å². The molecule has 0 radical (unpaired) electrons. The van der Waals surface area contributed by atoms with Crippen LogP contribution in [0.25, 0.3) is 16.9 Å². The zero-order chi connectivity index (χ0) is 28.4. The van der Waals surface area contributed by atoms with Gasteiger partial charge in [-0.2, -0.15) is 9.97 Å². The Bertz CT molecular complexity index is 1440. The molecule has 4 heterocycles. The van der Waals surface area contributed by atoms with Gasteiger partial charge >= 0.3 is 0 Å². The number of aromatic nitrogens is 4. The maximum atomic E-state index is 14.1. The lowest BCUT2D eigenvalue weighted by atomic mass is 9.81. The third kappa shape index (κ3) is 6.62. The van der Waals surface area contributed by atoms with Gasteiger partial charge in [0.05, 0.1) is 35.8 Å². The number of hydrogen-bond donors (Lipinski definition) is 1. The summed E-state index contributed by atoms with van der Waals surface area (Å²) in [5.74, 6) is 2.69. The van der Waals surface area contributed by atoms with Crippen LogP contribution in [-0.2, 0) is 14.6 Å².